The Morgan fingerprint density at radius 2 is 2.19 bits per heavy atom. The molecule has 1 aliphatic carbocycles. The van der Waals surface area contributed by atoms with Crippen molar-refractivity contribution in [2.45, 2.75) is 52.0 Å². The number of ether oxygens (including phenoxy) is 1. The van der Waals surface area contributed by atoms with Gasteiger partial charge in [-0.15, -0.1) is 0 Å². The molecule has 2 unspecified atom stereocenters. The molecular weight excluding hydrogens is 266 g/mol. The van der Waals surface area contributed by atoms with Crippen molar-refractivity contribution >= 4 is 5.91 Å². The largest absolute Gasteiger partial charge is 0.387 e. The standard InChI is InChI=1S/C16H27N3O2/c1-3-21-10-6-9-18-16(20)14(11-17)12-19-15-8-5-4-7-13(15)2/h12-13,15,19H,3-10H2,1-2H3,(H,18,20)/b14-12-. The van der Waals surface area contributed by atoms with Crippen molar-refractivity contribution < 1.29 is 9.53 Å². The Labute approximate surface area is 127 Å². The molecule has 0 aliphatic heterocycles. The van der Waals surface area contributed by atoms with Gasteiger partial charge in [-0.3, -0.25) is 4.79 Å². The summed E-state index contributed by atoms with van der Waals surface area (Å²) in [5.74, 6) is 0.272. The van der Waals surface area contributed by atoms with Crippen molar-refractivity contribution in [3.05, 3.63) is 11.8 Å². The van der Waals surface area contributed by atoms with E-state index >= 15 is 0 Å². The van der Waals surface area contributed by atoms with Gasteiger partial charge in [-0.05, 0) is 32.1 Å². The summed E-state index contributed by atoms with van der Waals surface area (Å²) in [6.45, 7) is 5.98. The van der Waals surface area contributed by atoms with Gasteiger partial charge in [0.15, 0.2) is 0 Å². The van der Waals surface area contributed by atoms with Crippen molar-refractivity contribution in [2.24, 2.45) is 5.92 Å². The summed E-state index contributed by atoms with van der Waals surface area (Å²) in [6, 6.07) is 2.33. The van der Waals surface area contributed by atoms with Crippen molar-refractivity contribution in [2.75, 3.05) is 19.8 Å². The highest BCUT2D eigenvalue weighted by Gasteiger charge is 2.20. The molecular formula is C16H27N3O2. The molecule has 2 N–H and O–H groups in total. The fourth-order valence-corrected chi connectivity index (χ4v) is 2.52. The third-order valence-electron chi connectivity index (χ3n) is 3.87. The van der Waals surface area contributed by atoms with Gasteiger partial charge in [-0.2, -0.15) is 5.26 Å². The fourth-order valence-electron chi connectivity index (χ4n) is 2.52. The van der Waals surface area contributed by atoms with Crippen LogP contribution in [0.4, 0.5) is 0 Å². The quantitative estimate of drug-likeness (QED) is 0.408. The van der Waals surface area contributed by atoms with E-state index in [1.807, 2.05) is 13.0 Å². The Morgan fingerprint density at radius 1 is 1.43 bits per heavy atom. The van der Waals surface area contributed by atoms with Crippen LogP contribution in [-0.4, -0.2) is 31.7 Å². The van der Waals surface area contributed by atoms with E-state index in [2.05, 4.69) is 17.6 Å². The Balaban J connectivity index is 2.36. The summed E-state index contributed by atoms with van der Waals surface area (Å²) in [5.41, 5.74) is 0.143. The highest BCUT2D eigenvalue weighted by atomic mass is 16.5. The third kappa shape index (κ3) is 6.63. The predicted octanol–water partition coefficient (Wildman–Crippen LogP) is 2.10. The lowest BCUT2D eigenvalue weighted by atomic mass is 9.86. The van der Waals surface area contributed by atoms with Crippen LogP contribution >= 0.6 is 0 Å². The van der Waals surface area contributed by atoms with Gasteiger partial charge < -0.3 is 15.4 Å². The van der Waals surface area contributed by atoms with E-state index in [-0.39, 0.29) is 11.5 Å². The zero-order valence-corrected chi connectivity index (χ0v) is 13.2. The number of hydrogen-bond acceptors (Lipinski definition) is 4. The van der Waals surface area contributed by atoms with Gasteiger partial charge in [0.2, 0.25) is 0 Å². The monoisotopic (exact) mass is 293 g/mol. The molecule has 2 atom stereocenters. The molecule has 1 aliphatic rings. The molecule has 0 radical (unpaired) electrons. The van der Waals surface area contributed by atoms with Crippen molar-refractivity contribution in [3.63, 3.8) is 0 Å². The number of nitriles is 1. The number of amides is 1. The van der Waals surface area contributed by atoms with Crippen LogP contribution in [0, 0.1) is 17.2 Å². The Hall–Kier alpha value is -1.54. The molecule has 1 saturated carbocycles. The molecule has 0 aromatic carbocycles. The second-order valence-electron chi connectivity index (χ2n) is 5.51. The van der Waals surface area contributed by atoms with Crippen molar-refractivity contribution in [3.8, 4) is 6.07 Å². The normalized spacial score (nSPS) is 22.4. The number of nitrogens with zero attached hydrogens (tertiary/aromatic N) is 1. The number of hydrogen-bond donors (Lipinski definition) is 2. The van der Waals surface area contributed by atoms with Crippen LogP contribution < -0.4 is 10.6 Å². The first-order valence-electron chi connectivity index (χ1n) is 7.91. The predicted molar refractivity (Wildman–Crippen MR) is 82.4 cm³/mol. The molecule has 21 heavy (non-hydrogen) atoms. The summed E-state index contributed by atoms with van der Waals surface area (Å²) in [4.78, 5) is 11.9. The SMILES string of the molecule is CCOCCCNC(=O)/C(C#N)=C\NC1CCCCC1C. The molecule has 1 rings (SSSR count). The number of nitrogens with one attached hydrogen (secondary N) is 2. The second-order valence-corrected chi connectivity index (χ2v) is 5.51. The highest BCUT2D eigenvalue weighted by Crippen LogP contribution is 2.23. The summed E-state index contributed by atoms with van der Waals surface area (Å²) >= 11 is 0. The lowest BCUT2D eigenvalue weighted by Gasteiger charge is -2.29. The molecule has 1 amide bonds. The van der Waals surface area contributed by atoms with Crippen LogP contribution in [-0.2, 0) is 9.53 Å². The van der Waals surface area contributed by atoms with Gasteiger partial charge in [0, 0.05) is 32.0 Å². The smallest absolute Gasteiger partial charge is 0.263 e. The average Bonchev–Trinajstić information content (AvgIpc) is 2.49. The molecule has 5 nitrogen and oxygen atoms in total. The molecule has 0 bridgehead atoms. The van der Waals surface area contributed by atoms with Gasteiger partial charge in [-0.1, -0.05) is 19.8 Å². The number of rotatable bonds is 8. The van der Waals surface area contributed by atoms with Crippen LogP contribution in [0.15, 0.2) is 11.8 Å². The zero-order valence-electron chi connectivity index (χ0n) is 13.2. The molecule has 0 heterocycles. The summed E-state index contributed by atoms with van der Waals surface area (Å²) in [5, 5.41) is 15.1. The van der Waals surface area contributed by atoms with Crippen molar-refractivity contribution in [1.29, 1.82) is 5.26 Å². The average molecular weight is 293 g/mol. The van der Waals surface area contributed by atoms with Crippen LogP contribution in [0.3, 0.4) is 0 Å². The van der Waals surface area contributed by atoms with E-state index < -0.39 is 0 Å². The maximum atomic E-state index is 11.9. The fraction of sp³-hybridized carbons (Fsp3) is 0.750. The van der Waals surface area contributed by atoms with Crippen LogP contribution in [0.5, 0.6) is 0 Å². The van der Waals surface area contributed by atoms with E-state index in [9.17, 15) is 4.79 Å². The molecule has 118 valence electrons. The topological polar surface area (TPSA) is 74.1 Å². The van der Waals surface area contributed by atoms with Crippen LogP contribution in [0.2, 0.25) is 0 Å². The second kappa shape index (κ2) is 10.2. The lowest BCUT2D eigenvalue weighted by molar-refractivity contribution is -0.117. The molecule has 0 saturated heterocycles. The summed E-state index contributed by atoms with van der Waals surface area (Å²) in [6.07, 6.45) is 7.12. The summed E-state index contributed by atoms with van der Waals surface area (Å²) in [7, 11) is 0. The minimum atomic E-state index is -0.315. The van der Waals surface area contributed by atoms with Crippen LogP contribution in [0.1, 0.15) is 46.0 Å². The third-order valence-corrected chi connectivity index (χ3v) is 3.87. The maximum Gasteiger partial charge on any atom is 0.263 e. The minimum Gasteiger partial charge on any atom is -0.387 e. The molecule has 0 aromatic heterocycles. The van der Waals surface area contributed by atoms with Gasteiger partial charge in [0.05, 0.1) is 0 Å². The molecule has 1 fully saturated rings. The number of carbonyl (C=O) groups excluding carboxylic acids is 1. The van der Waals surface area contributed by atoms with Gasteiger partial charge in [0.25, 0.3) is 5.91 Å². The first-order chi connectivity index (χ1) is 10.2. The first kappa shape index (κ1) is 17.5. The van der Waals surface area contributed by atoms with E-state index in [0.717, 1.165) is 12.8 Å². The van der Waals surface area contributed by atoms with E-state index in [4.69, 9.17) is 10.00 Å². The van der Waals surface area contributed by atoms with E-state index in [0.29, 0.717) is 31.7 Å². The maximum absolute atomic E-state index is 11.9. The Morgan fingerprint density at radius 3 is 2.86 bits per heavy atom. The summed E-state index contributed by atoms with van der Waals surface area (Å²) < 4.78 is 5.20. The van der Waals surface area contributed by atoms with Gasteiger partial charge >= 0.3 is 0 Å². The van der Waals surface area contributed by atoms with Gasteiger partial charge in [0.1, 0.15) is 11.6 Å². The molecule has 5 heteroatoms. The Kier molecular flexibility index (Phi) is 8.53. The first-order valence-corrected chi connectivity index (χ1v) is 7.91. The van der Waals surface area contributed by atoms with Gasteiger partial charge in [-0.25, -0.2) is 0 Å². The van der Waals surface area contributed by atoms with Crippen molar-refractivity contribution in [1.82, 2.24) is 10.6 Å². The van der Waals surface area contributed by atoms with Crippen LogP contribution in [0.25, 0.3) is 0 Å². The highest BCUT2D eigenvalue weighted by molar-refractivity contribution is 5.97. The molecule has 0 aromatic rings. The lowest BCUT2D eigenvalue weighted by Crippen LogP contribution is -2.35. The number of carbonyl (C=O) groups is 1. The van der Waals surface area contributed by atoms with E-state index in [1.165, 1.54) is 19.3 Å². The zero-order chi connectivity index (χ0) is 15.5. The Bertz CT molecular complexity index is 387. The minimum absolute atomic E-state index is 0.143. The molecule has 0 spiro atoms. The van der Waals surface area contributed by atoms with E-state index in [1.54, 1.807) is 6.20 Å².